The van der Waals surface area contributed by atoms with Crippen LogP contribution in [0.4, 0.5) is 0 Å². The number of ketones is 1. The topological polar surface area (TPSA) is 55.1 Å². The number of rotatable bonds is 1. The third-order valence-electron chi connectivity index (χ3n) is 0.980. The van der Waals surface area contributed by atoms with Gasteiger partial charge in [0, 0.05) is 6.92 Å². The molecule has 9 heavy (non-hydrogen) atoms. The van der Waals surface area contributed by atoms with Crippen molar-refractivity contribution in [2.24, 2.45) is 0 Å². The average molecular weight is 126 g/mol. The lowest BCUT2D eigenvalue weighted by atomic mass is 10.3. The SMILES string of the molecule is CC(=O)c1cncn1O. The van der Waals surface area contributed by atoms with Crippen LogP contribution in [0.15, 0.2) is 12.5 Å². The molecule has 0 bridgehead atoms. The van der Waals surface area contributed by atoms with E-state index < -0.39 is 0 Å². The van der Waals surface area contributed by atoms with Crippen molar-refractivity contribution in [1.82, 2.24) is 9.71 Å². The number of Topliss-reactive ketones (excluding diaryl/α,β-unsaturated/α-hetero) is 1. The van der Waals surface area contributed by atoms with Gasteiger partial charge in [-0.1, -0.05) is 0 Å². The third-order valence-corrected chi connectivity index (χ3v) is 0.980. The summed E-state index contributed by atoms with van der Waals surface area (Å²) in [5.41, 5.74) is 0.204. The Labute approximate surface area is 51.7 Å². The van der Waals surface area contributed by atoms with Gasteiger partial charge in [-0.2, -0.15) is 4.73 Å². The van der Waals surface area contributed by atoms with Crippen LogP contribution in [0.3, 0.4) is 0 Å². The molecular formula is C5H6N2O2. The molecule has 4 nitrogen and oxygen atoms in total. The van der Waals surface area contributed by atoms with E-state index in [1.807, 2.05) is 0 Å². The molecule has 0 fully saturated rings. The molecule has 1 heterocycles. The monoisotopic (exact) mass is 126 g/mol. The fourth-order valence-electron chi connectivity index (χ4n) is 0.541. The van der Waals surface area contributed by atoms with Crippen LogP contribution in [-0.4, -0.2) is 20.7 Å². The van der Waals surface area contributed by atoms with E-state index in [1.54, 1.807) is 0 Å². The number of imidazole rings is 1. The summed E-state index contributed by atoms with van der Waals surface area (Å²) in [6.07, 6.45) is 2.47. The maximum atomic E-state index is 10.5. The highest BCUT2D eigenvalue weighted by atomic mass is 16.5. The van der Waals surface area contributed by atoms with Gasteiger partial charge in [-0.25, -0.2) is 4.98 Å². The molecule has 0 aliphatic heterocycles. The highest BCUT2D eigenvalue weighted by molar-refractivity contribution is 5.91. The second kappa shape index (κ2) is 1.89. The molecule has 0 radical (unpaired) electrons. The Morgan fingerprint density at radius 1 is 1.89 bits per heavy atom. The summed E-state index contributed by atoms with van der Waals surface area (Å²) < 4.78 is 0.697. The third kappa shape index (κ3) is 0.910. The van der Waals surface area contributed by atoms with Gasteiger partial charge >= 0.3 is 0 Å². The molecule has 1 rings (SSSR count). The summed E-state index contributed by atoms with van der Waals surface area (Å²) >= 11 is 0. The molecule has 1 aromatic heterocycles. The predicted octanol–water partition coefficient (Wildman–Crippen LogP) is 0.323. The largest absolute Gasteiger partial charge is 0.427 e. The number of hydrogen-bond donors (Lipinski definition) is 1. The van der Waals surface area contributed by atoms with Gasteiger partial charge in [0.2, 0.25) is 0 Å². The maximum absolute atomic E-state index is 10.5. The highest BCUT2D eigenvalue weighted by Gasteiger charge is 2.03. The molecule has 0 aromatic carbocycles. The van der Waals surface area contributed by atoms with Crippen LogP contribution in [-0.2, 0) is 0 Å². The van der Waals surface area contributed by atoms with Gasteiger partial charge in [-0.3, -0.25) is 4.79 Å². The van der Waals surface area contributed by atoms with E-state index in [4.69, 9.17) is 5.21 Å². The minimum Gasteiger partial charge on any atom is -0.427 e. The van der Waals surface area contributed by atoms with Crippen molar-refractivity contribution in [3.63, 3.8) is 0 Å². The molecule has 0 unspecified atom stereocenters. The van der Waals surface area contributed by atoms with Crippen molar-refractivity contribution in [1.29, 1.82) is 0 Å². The van der Waals surface area contributed by atoms with Crippen LogP contribution in [0.2, 0.25) is 0 Å². The summed E-state index contributed by atoms with van der Waals surface area (Å²) in [5.74, 6) is -0.199. The molecule has 0 atom stereocenters. The van der Waals surface area contributed by atoms with Crippen molar-refractivity contribution in [3.05, 3.63) is 18.2 Å². The fraction of sp³-hybridized carbons (Fsp3) is 0.200. The first-order chi connectivity index (χ1) is 4.22. The van der Waals surface area contributed by atoms with Gasteiger partial charge in [-0.15, -0.1) is 0 Å². The fourth-order valence-corrected chi connectivity index (χ4v) is 0.541. The Balaban J connectivity index is 3.08. The Kier molecular flexibility index (Phi) is 1.22. The molecule has 0 spiro atoms. The van der Waals surface area contributed by atoms with Gasteiger partial charge in [0.1, 0.15) is 12.0 Å². The van der Waals surface area contributed by atoms with Gasteiger partial charge in [-0.05, 0) is 0 Å². The highest BCUT2D eigenvalue weighted by Crippen LogP contribution is 1.94. The minimum absolute atomic E-state index is 0.199. The molecule has 0 amide bonds. The standard InChI is InChI=1S/C5H6N2O2/c1-4(8)5-2-6-3-7(5)9/h2-3,9H,1H3. The predicted molar refractivity (Wildman–Crippen MR) is 29.4 cm³/mol. The summed E-state index contributed by atoms with van der Waals surface area (Å²) in [7, 11) is 0. The van der Waals surface area contributed by atoms with Crippen LogP contribution < -0.4 is 0 Å². The lowest BCUT2D eigenvalue weighted by molar-refractivity contribution is 0.0963. The van der Waals surface area contributed by atoms with Gasteiger partial charge in [0.15, 0.2) is 5.78 Å². The summed E-state index contributed by atoms with van der Waals surface area (Å²) in [6, 6.07) is 0. The van der Waals surface area contributed by atoms with E-state index in [0.29, 0.717) is 4.73 Å². The Morgan fingerprint density at radius 3 is 2.78 bits per heavy atom. The molecule has 0 saturated carbocycles. The first-order valence-electron chi connectivity index (χ1n) is 2.44. The Bertz CT molecular complexity index is 229. The molecule has 1 N–H and O–H groups in total. The molecule has 1 aromatic rings. The van der Waals surface area contributed by atoms with E-state index in [1.165, 1.54) is 13.1 Å². The number of aromatic nitrogens is 2. The first kappa shape index (κ1) is 5.81. The van der Waals surface area contributed by atoms with E-state index in [0.717, 1.165) is 6.33 Å². The van der Waals surface area contributed by atoms with Crippen molar-refractivity contribution in [2.45, 2.75) is 6.92 Å². The molecule has 0 aliphatic rings. The van der Waals surface area contributed by atoms with Gasteiger partial charge in [0.05, 0.1) is 6.20 Å². The normalized spacial score (nSPS) is 9.44. The average Bonchev–Trinajstić information content (AvgIpc) is 2.13. The zero-order valence-corrected chi connectivity index (χ0v) is 4.90. The van der Waals surface area contributed by atoms with E-state index in [9.17, 15) is 4.79 Å². The lowest BCUT2D eigenvalue weighted by Crippen LogP contribution is -2.00. The number of carbonyl (C=O) groups is 1. The van der Waals surface area contributed by atoms with Gasteiger partial charge < -0.3 is 5.21 Å². The second-order valence-electron chi connectivity index (χ2n) is 1.68. The molecular weight excluding hydrogens is 120 g/mol. The Hall–Kier alpha value is -1.32. The summed E-state index contributed by atoms with van der Waals surface area (Å²) in [4.78, 5) is 14.0. The zero-order valence-electron chi connectivity index (χ0n) is 4.90. The Morgan fingerprint density at radius 2 is 2.56 bits per heavy atom. The van der Waals surface area contributed by atoms with Crippen LogP contribution in [0.1, 0.15) is 17.4 Å². The molecule has 48 valence electrons. The van der Waals surface area contributed by atoms with Crippen LogP contribution in [0.5, 0.6) is 0 Å². The van der Waals surface area contributed by atoms with Crippen molar-refractivity contribution in [3.8, 4) is 0 Å². The van der Waals surface area contributed by atoms with E-state index in [-0.39, 0.29) is 11.5 Å². The number of carbonyl (C=O) groups excluding carboxylic acids is 1. The smallest absolute Gasteiger partial charge is 0.181 e. The molecule has 0 aliphatic carbocycles. The second-order valence-corrected chi connectivity index (χ2v) is 1.68. The summed E-state index contributed by atoms with van der Waals surface area (Å²) in [6.45, 7) is 1.36. The van der Waals surface area contributed by atoms with E-state index in [2.05, 4.69) is 4.98 Å². The van der Waals surface area contributed by atoms with Crippen LogP contribution in [0, 0.1) is 0 Å². The number of hydrogen-bond acceptors (Lipinski definition) is 3. The summed E-state index contributed by atoms with van der Waals surface area (Å²) in [5, 5.41) is 8.75. The minimum atomic E-state index is -0.199. The first-order valence-corrected chi connectivity index (χ1v) is 2.44. The van der Waals surface area contributed by atoms with E-state index >= 15 is 0 Å². The van der Waals surface area contributed by atoms with Crippen molar-refractivity contribution < 1.29 is 10.0 Å². The van der Waals surface area contributed by atoms with Crippen molar-refractivity contribution >= 4 is 5.78 Å². The lowest BCUT2D eigenvalue weighted by Gasteiger charge is -1.91. The quantitative estimate of drug-likeness (QED) is 0.435. The van der Waals surface area contributed by atoms with Crippen LogP contribution in [0.25, 0.3) is 0 Å². The van der Waals surface area contributed by atoms with Crippen LogP contribution >= 0.6 is 0 Å². The maximum Gasteiger partial charge on any atom is 0.181 e. The molecule has 4 heteroatoms. The zero-order chi connectivity index (χ0) is 6.85. The molecule has 0 saturated heterocycles. The number of nitrogens with zero attached hydrogens (tertiary/aromatic N) is 2. The van der Waals surface area contributed by atoms with Gasteiger partial charge in [0.25, 0.3) is 0 Å². The van der Waals surface area contributed by atoms with Crippen molar-refractivity contribution in [2.75, 3.05) is 0 Å².